The first-order valence-corrected chi connectivity index (χ1v) is 8.37. The minimum atomic E-state index is 0.0879. The van der Waals surface area contributed by atoms with Crippen LogP contribution in [-0.2, 0) is 19.6 Å². The van der Waals surface area contributed by atoms with Gasteiger partial charge in [0.25, 0.3) is 0 Å². The summed E-state index contributed by atoms with van der Waals surface area (Å²) in [4.78, 5) is 5.72. The van der Waals surface area contributed by atoms with Crippen molar-refractivity contribution in [3.05, 3.63) is 84.1 Å². The Morgan fingerprint density at radius 1 is 1.08 bits per heavy atom. The van der Waals surface area contributed by atoms with Crippen molar-refractivity contribution in [1.29, 1.82) is 0 Å². The summed E-state index contributed by atoms with van der Waals surface area (Å²) in [7, 11) is 0. The molecule has 0 unspecified atom stereocenters. The van der Waals surface area contributed by atoms with Crippen molar-refractivity contribution in [2.75, 3.05) is 13.1 Å². The molecule has 3 nitrogen and oxygen atoms in total. The third kappa shape index (κ3) is 3.94. The van der Waals surface area contributed by atoms with E-state index >= 15 is 0 Å². The lowest BCUT2D eigenvalue weighted by Gasteiger charge is -2.21. The van der Waals surface area contributed by atoms with Crippen molar-refractivity contribution in [2.24, 2.45) is 0 Å². The summed E-state index contributed by atoms with van der Waals surface area (Å²) in [5.41, 5.74) is 4.73. The normalized spacial score (nSPS) is 11.2. The number of para-hydroxylation sites is 1. The van der Waals surface area contributed by atoms with Crippen molar-refractivity contribution < 1.29 is 5.11 Å². The van der Waals surface area contributed by atoms with Crippen LogP contribution in [0.5, 0.6) is 0 Å². The maximum absolute atomic E-state index is 9.30. The van der Waals surface area contributed by atoms with Crippen LogP contribution in [-0.4, -0.2) is 28.1 Å². The predicted octanol–water partition coefficient (Wildman–Crippen LogP) is 3.89. The Morgan fingerprint density at radius 3 is 2.75 bits per heavy atom. The second kappa shape index (κ2) is 7.95. The van der Waals surface area contributed by atoms with E-state index in [1.54, 1.807) is 0 Å². The lowest BCUT2D eigenvalue weighted by molar-refractivity contribution is 0.280. The number of aliphatic hydroxyl groups excluding tert-OH is 1. The number of hydrogen-bond donors (Lipinski definition) is 2. The average Bonchev–Trinajstić information content (AvgIpc) is 3.03. The molecule has 0 fully saturated rings. The number of aliphatic hydroxyl groups is 1. The Morgan fingerprint density at radius 2 is 1.92 bits per heavy atom. The Labute approximate surface area is 143 Å². The second-order valence-electron chi connectivity index (χ2n) is 6.11. The van der Waals surface area contributed by atoms with Crippen molar-refractivity contribution in [3.8, 4) is 0 Å². The zero-order valence-corrected chi connectivity index (χ0v) is 13.9. The van der Waals surface area contributed by atoms with Crippen LogP contribution in [0.15, 0.2) is 67.4 Å². The molecule has 0 radical (unpaired) electrons. The summed E-state index contributed by atoms with van der Waals surface area (Å²) < 4.78 is 0. The van der Waals surface area contributed by atoms with Crippen LogP contribution < -0.4 is 0 Å². The fourth-order valence-corrected chi connectivity index (χ4v) is 3.12. The molecule has 0 saturated heterocycles. The molecule has 1 aromatic heterocycles. The summed E-state index contributed by atoms with van der Waals surface area (Å²) in [5, 5.41) is 10.6. The molecule has 124 valence electrons. The highest BCUT2D eigenvalue weighted by molar-refractivity contribution is 5.83. The van der Waals surface area contributed by atoms with E-state index in [1.165, 1.54) is 22.0 Å². The van der Waals surface area contributed by atoms with Gasteiger partial charge in [0.2, 0.25) is 0 Å². The van der Waals surface area contributed by atoms with Crippen molar-refractivity contribution in [2.45, 2.75) is 19.6 Å². The van der Waals surface area contributed by atoms with Crippen molar-refractivity contribution in [1.82, 2.24) is 9.88 Å². The number of aromatic nitrogens is 1. The first-order valence-electron chi connectivity index (χ1n) is 8.37. The molecule has 0 bridgehead atoms. The SMILES string of the molecule is C=CCN(CCc1c[nH]c2ccccc12)Cc1cccc(CO)c1. The van der Waals surface area contributed by atoms with Crippen LogP contribution in [0.2, 0.25) is 0 Å². The maximum Gasteiger partial charge on any atom is 0.0681 e. The number of nitrogens with one attached hydrogen (secondary N) is 1. The third-order valence-electron chi connectivity index (χ3n) is 4.34. The number of aromatic amines is 1. The number of H-pyrrole nitrogens is 1. The second-order valence-corrected chi connectivity index (χ2v) is 6.11. The van der Waals surface area contributed by atoms with Gasteiger partial charge in [0.1, 0.15) is 0 Å². The maximum atomic E-state index is 9.30. The van der Waals surface area contributed by atoms with Gasteiger partial charge in [-0.05, 0) is 29.2 Å². The third-order valence-corrected chi connectivity index (χ3v) is 4.34. The fourth-order valence-electron chi connectivity index (χ4n) is 3.12. The summed E-state index contributed by atoms with van der Waals surface area (Å²) in [5.74, 6) is 0. The molecule has 2 aromatic carbocycles. The van der Waals surface area contributed by atoms with E-state index in [4.69, 9.17) is 0 Å². The molecule has 24 heavy (non-hydrogen) atoms. The van der Waals surface area contributed by atoms with E-state index in [1.807, 2.05) is 18.2 Å². The van der Waals surface area contributed by atoms with Crippen molar-refractivity contribution in [3.63, 3.8) is 0 Å². The van der Waals surface area contributed by atoms with Gasteiger partial charge in [-0.1, -0.05) is 48.5 Å². The number of fused-ring (bicyclic) bond motifs is 1. The minimum Gasteiger partial charge on any atom is -0.392 e. The number of nitrogens with zero attached hydrogens (tertiary/aromatic N) is 1. The molecule has 0 saturated carbocycles. The number of rotatable bonds is 8. The zero-order chi connectivity index (χ0) is 16.8. The van der Waals surface area contributed by atoms with Crippen LogP contribution >= 0.6 is 0 Å². The van der Waals surface area contributed by atoms with Gasteiger partial charge in [0.05, 0.1) is 6.61 Å². The van der Waals surface area contributed by atoms with Gasteiger partial charge in [-0.3, -0.25) is 4.90 Å². The topological polar surface area (TPSA) is 39.3 Å². The van der Waals surface area contributed by atoms with E-state index in [9.17, 15) is 5.11 Å². The fraction of sp³-hybridized carbons (Fsp3) is 0.238. The van der Waals surface area contributed by atoms with Crippen LogP contribution in [0.1, 0.15) is 16.7 Å². The minimum absolute atomic E-state index is 0.0879. The van der Waals surface area contributed by atoms with Crippen LogP contribution in [0.25, 0.3) is 10.9 Å². The quantitative estimate of drug-likeness (QED) is 0.618. The highest BCUT2D eigenvalue weighted by Gasteiger charge is 2.08. The van der Waals surface area contributed by atoms with Gasteiger partial charge < -0.3 is 10.1 Å². The van der Waals surface area contributed by atoms with E-state index in [0.29, 0.717) is 0 Å². The monoisotopic (exact) mass is 320 g/mol. The van der Waals surface area contributed by atoms with Gasteiger partial charge in [0, 0.05) is 36.7 Å². The Bertz CT molecular complexity index is 806. The molecule has 3 rings (SSSR count). The molecular weight excluding hydrogens is 296 g/mol. The molecule has 0 spiro atoms. The van der Waals surface area contributed by atoms with Gasteiger partial charge in [-0.15, -0.1) is 6.58 Å². The van der Waals surface area contributed by atoms with Gasteiger partial charge in [-0.25, -0.2) is 0 Å². The first kappa shape index (κ1) is 16.5. The van der Waals surface area contributed by atoms with Crippen LogP contribution in [0.3, 0.4) is 0 Å². The zero-order valence-electron chi connectivity index (χ0n) is 13.9. The van der Waals surface area contributed by atoms with Crippen molar-refractivity contribution >= 4 is 10.9 Å². The number of benzene rings is 2. The standard InChI is InChI=1S/C21H24N2O/c1-2-11-23(15-17-6-5-7-18(13-17)16-24)12-10-19-14-22-21-9-4-3-8-20(19)21/h2-9,13-14,22,24H,1,10-12,15-16H2. The van der Waals surface area contributed by atoms with Gasteiger partial charge >= 0.3 is 0 Å². The smallest absolute Gasteiger partial charge is 0.0681 e. The molecular formula is C21H24N2O. The lowest BCUT2D eigenvalue weighted by Crippen LogP contribution is -2.25. The van der Waals surface area contributed by atoms with E-state index in [-0.39, 0.29) is 6.61 Å². The molecule has 0 aliphatic carbocycles. The Balaban J connectivity index is 1.68. The molecule has 3 aromatic rings. The molecule has 0 atom stereocenters. The number of hydrogen-bond acceptors (Lipinski definition) is 2. The van der Waals surface area contributed by atoms with Crippen LogP contribution in [0.4, 0.5) is 0 Å². The summed E-state index contributed by atoms with van der Waals surface area (Å²) >= 11 is 0. The van der Waals surface area contributed by atoms with E-state index in [0.717, 1.165) is 31.6 Å². The highest BCUT2D eigenvalue weighted by Crippen LogP contribution is 2.19. The highest BCUT2D eigenvalue weighted by atomic mass is 16.3. The molecule has 2 N–H and O–H groups in total. The van der Waals surface area contributed by atoms with E-state index in [2.05, 4.69) is 59.1 Å². The molecule has 3 heteroatoms. The van der Waals surface area contributed by atoms with Crippen LogP contribution in [0, 0.1) is 0 Å². The Kier molecular flexibility index (Phi) is 5.47. The summed E-state index contributed by atoms with van der Waals surface area (Å²) in [6.45, 7) is 6.66. The molecule has 0 aliphatic heterocycles. The average molecular weight is 320 g/mol. The Hall–Kier alpha value is -2.36. The molecule has 0 aliphatic rings. The van der Waals surface area contributed by atoms with E-state index < -0.39 is 0 Å². The first-order chi connectivity index (χ1) is 11.8. The van der Waals surface area contributed by atoms with Gasteiger partial charge in [0.15, 0.2) is 0 Å². The summed E-state index contributed by atoms with van der Waals surface area (Å²) in [6.07, 6.45) is 5.06. The lowest BCUT2D eigenvalue weighted by atomic mass is 10.1. The predicted molar refractivity (Wildman–Crippen MR) is 99.8 cm³/mol. The van der Waals surface area contributed by atoms with Gasteiger partial charge in [-0.2, -0.15) is 0 Å². The largest absolute Gasteiger partial charge is 0.392 e. The molecule has 1 heterocycles. The summed E-state index contributed by atoms with van der Waals surface area (Å²) in [6, 6.07) is 16.6. The molecule has 0 amide bonds.